The molecule has 11 heteroatoms. The lowest BCUT2D eigenvalue weighted by Gasteiger charge is -2.31. The topological polar surface area (TPSA) is 133 Å². The Kier molecular flexibility index (Phi) is 12.8. The number of ether oxygens (including phenoxy) is 1. The first-order valence-corrected chi connectivity index (χ1v) is 16.0. The first-order valence-electron chi connectivity index (χ1n) is 16.0. The van der Waals surface area contributed by atoms with Gasteiger partial charge in [0.2, 0.25) is 11.8 Å². The zero-order valence-corrected chi connectivity index (χ0v) is 26.4. The van der Waals surface area contributed by atoms with Gasteiger partial charge in [-0.05, 0) is 62.3 Å². The molecule has 248 valence electrons. The van der Waals surface area contributed by atoms with Gasteiger partial charge in [0.1, 0.15) is 17.7 Å². The van der Waals surface area contributed by atoms with Crippen LogP contribution in [0.4, 0.5) is 8.78 Å². The molecule has 1 aromatic heterocycles. The second-order valence-corrected chi connectivity index (χ2v) is 12.4. The molecule has 0 spiro atoms. The Morgan fingerprint density at radius 1 is 0.913 bits per heavy atom. The molecule has 4 N–H and O–H groups in total. The SMILES string of the molecule is CC(C)OC(=O)C(O)[C@H](CC1CCCCC1)NC(=O)[C@H](Cc1cnc[nH]1)NC(=O)C(Cc1ccccc1F)Cc1ccccc1F. The van der Waals surface area contributed by atoms with E-state index in [0.29, 0.717) is 12.1 Å². The van der Waals surface area contributed by atoms with Crippen molar-refractivity contribution >= 4 is 17.8 Å². The van der Waals surface area contributed by atoms with Gasteiger partial charge in [-0.3, -0.25) is 9.59 Å². The molecule has 0 bridgehead atoms. The Bertz CT molecular complexity index is 1380. The molecule has 4 rings (SSSR count). The van der Waals surface area contributed by atoms with Crippen molar-refractivity contribution in [2.75, 3.05) is 0 Å². The van der Waals surface area contributed by atoms with Crippen LogP contribution in [0.15, 0.2) is 61.1 Å². The van der Waals surface area contributed by atoms with E-state index >= 15 is 0 Å². The molecular formula is C35H44F2N4O5. The minimum Gasteiger partial charge on any atom is -0.461 e. The van der Waals surface area contributed by atoms with E-state index in [0.717, 1.165) is 32.1 Å². The van der Waals surface area contributed by atoms with Crippen molar-refractivity contribution in [3.63, 3.8) is 0 Å². The number of aromatic nitrogens is 2. The number of amides is 2. The number of H-pyrrole nitrogens is 1. The number of benzene rings is 2. The molecule has 0 aliphatic heterocycles. The van der Waals surface area contributed by atoms with Gasteiger partial charge in [0.25, 0.3) is 0 Å². The van der Waals surface area contributed by atoms with Crippen LogP contribution in [0.25, 0.3) is 0 Å². The third-order valence-corrected chi connectivity index (χ3v) is 8.45. The maximum absolute atomic E-state index is 14.7. The van der Waals surface area contributed by atoms with E-state index in [1.165, 1.54) is 24.7 Å². The van der Waals surface area contributed by atoms with Crippen molar-refractivity contribution in [1.29, 1.82) is 0 Å². The first-order chi connectivity index (χ1) is 22.1. The first kappa shape index (κ1) is 34.7. The molecule has 1 aliphatic carbocycles. The molecule has 1 heterocycles. The molecule has 9 nitrogen and oxygen atoms in total. The number of nitrogens with zero attached hydrogens (tertiary/aromatic N) is 1. The lowest BCUT2D eigenvalue weighted by Crippen LogP contribution is -2.56. The highest BCUT2D eigenvalue weighted by molar-refractivity contribution is 5.89. The smallest absolute Gasteiger partial charge is 0.337 e. The Morgan fingerprint density at radius 2 is 1.52 bits per heavy atom. The van der Waals surface area contributed by atoms with Crippen LogP contribution in [0.1, 0.15) is 69.2 Å². The zero-order valence-electron chi connectivity index (χ0n) is 26.4. The number of hydrogen-bond donors (Lipinski definition) is 4. The van der Waals surface area contributed by atoms with Crippen LogP contribution in [0.2, 0.25) is 0 Å². The van der Waals surface area contributed by atoms with Crippen LogP contribution in [0, 0.1) is 23.5 Å². The number of hydrogen-bond acceptors (Lipinski definition) is 6. The number of imidazole rings is 1. The molecule has 0 radical (unpaired) electrons. The number of nitrogens with one attached hydrogen (secondary N) is 3. The summed E-state index contributed by atoms with van der Waals surface area (Å²) in [6, 6.07) is 10.0. The van der Waals surface area contributed by atoms with Crippen molar-refractivity contribution in [3.8, 4) is 0 Å². The highest BCUT2D eigenvalue weighted by Gasteiger charge is 2.35. The van der Waals surface area contributed by atoms with Gasteiger partial charge in [0.05, 0.1) is 18.5 Å². The number of aliphatic hydroxyl groups excluding tert-OH is 1. The molecular weight excluding hydrogens is 594 g/mol. The number of halogens is 2. The van der Waals surface area contributed by atoms with Gasteiger partial charge >= 0.3 is 5.97 Å². The number of esters is 1. The van der Waals surface area contributed by atoms with Gasteiger partial charge in [-0.15, -0.1) is 0 Å². The molecule has 3 aromatic rings. The molecule has 2 amide bonds. The van der Waals surface area contributed by atoms with Crippen LogP contribution in [0.5, 0.6) is 0 Å². The van der Waals surface area contributed by atoms with Crippen LogP contribution in [0.3, 0.4) is 0 Å². The predicted molar refractivity (Wildman–Crippen MR) is 168 cm³/mol. The quantitative estimate of drug-likeness (QED) is 0.180. The Hall–Kier alpha value is -4.12. The fourth-order valence-electron chi connectivity index (χ4n) is 6.03. The van der Waals surface area contributed by atoms with Gasteiger partial charge in [0, 0.05) is 24.2 Å². The summed E-state index contributed by atoms with van der Waals surface area (Å²) in [5.74, 6) is -3.73. The number of aromatic amines is 1. The minimum absolute atomic E-state index is 0.0202. The summed E-state index contributed by atoms with van der Waals surface area (Å²) in [5, 5.41) is 16.7. The third kappa shape index (κ3) is 10.2. The molecule has 3 atom stereocenters. The normalized spacial score (nSPS) is 15.7. The predicted octanol–water partition coefficient (Wildman–Crippen LogP) is 4.58. The number of carbonyl (C=O) groups is 3. The van der Waals surface area contributed by atoms with Gasteiger partial charge < -0.3 is 25.5 Å². The second-order valence-electron chi connectivity index (χ2n) is 12.4. The van der Waals surface area contributed by atoms with Gasteiger partial charge in [-0.2, -0.15) is 0 Å². The van der Waals surface area contributed by atoms with Crippen molar-refractivity contribution in [1.82, 2.24) is 20.6 Å². The highest BCUT2D eigenvalue weighted by Crippen LogP contribution is 2.28. The summed E-state index contributed by atoms with van der Waals surface area (Å²) in [7, 11) is 0. The fraction of sp³-hybridized carbons (Fsp3) is 0.486. The summed E-state index contributed by atoms with van der Waals surface area (Å²) in [4.78, 5) is 47.5. The van der Waals surface area contributed by atoms with Gasteiger partial charge in [-0.1, -0.05) is 68.5 Å². The average Bonchev–Trinajstić information content (AvgIpc) is 3.55. The van der Waals surface area contributed by atoms with E-state index in [4.69, 9.17) is 4.74 Å². The highest BCUT2D eigenvalue weighted by atomic mass is 19.1. The summed E-state index contributed by atoms with van der Waals surface area (Å²) < 4.78 is 34.6. The maximum atomic E-state index is 14.7. The molecule has 1 fully saturated rings. The standard InChI is InChI=1S/C35H44F2N4O5/c1-22(2)46-35(45)32(42)30(16-23-10-4-3-5-11-23)40-34(44)31(19-27-20-38-21-39-27)41-33(43)26(17-24-12-6-8-14-28(24)36)18-25-13-7-9-15-29(25)37/h6-9,12-15,20-23,26,30-32,42H,3-5,10-11,16-19H2,1-2H3,(H,38,39)(H,40,44)(H,41,43)/t30-,31-,32?/m0/s1. The zero-order chi connectivity index (χ0) is 33.1. The van der Waals surface area contributed by atoms with Crippen molar-refractivity contribution in [2.24, 2.45) is 11.8 Å². The summed E-state index contributed by atoms with van der Waals surface area (Å²) in [5.41, 5.74) is 1.13. The van der Waals surface area contributed by atoms with E-state index in [1.807, 2.05) is 0 Å². The third-order valence-electron chi connectivity index (χ3n) is 8.45. The lowest BCUT2D eigenvalue weighted by molar-refractivity contribution is -0.159. The Balaban J connectivity index is 1.58. The monoisotopic (exact) mass is 638 g/mol. The van der Waals surface area contributed by atoms with E-state index in [1.54, 1.807) is 50.2 Å². The van der Waals surface area contributed by atoms with Crippen molar-refractivity contribution in [2.45, 2.75) is 95.9 Å². The van der Waals surface area contributed by atoms with E-state index in [2.05, 4.69) is 20.6 Å². The van der Waals surface area contributed by atoms with E-state index in [-0.39, 0.29) is 36.3 Å². The molecule has 1 saturated carbocycles. The van der Waals surface area contributed by atoms with Crippen molar-refractivity contribution < 1.29 is 33.0 Å². The van der Waals surface area contributed by atoms with E-state index in [9.17, 15) is 28.3 Å². The average molecular weight is 639 g/mol. The number of rotatable bonds is 15. The van der Waals surface area contributed by atoms with Crippen LogP contribution >= 0.6 is 0 Å². The maximum Gasteiger partial charge on any atom is 0.337 e. The van der Waals surface area contributed by atoms with Crippen LogP contribution < -0.4 is 10.6 Å². The molecule has 46 heavy (non-hydrogen) atoms. The fourth-order valence-corrected chi connectivity index (χ4v) is 6.03. The summed E-state index contributed by atoms with van der Waals surface area (Å²) >= 11 is 0. The van der Waals surface area contributed by atoms with Gasteiger partial charge in [-0.25, -0.2) is 18.6 Å². The second kappa shape index (κ2) is 17.0. The minimum atomic E-state index is -1.60. The Labute approximate surface area is 268 Å². The lowest BCUT2D eigenvalue weighted by atomic mass is 9.83. The Morgan fingerprint density at radius 3 is 2.07 bits per heavy atom. The molecule has 1 aliphatic rings. The van der Waals surface area contributed by atoms with Crippen LogP contribution in [-0.2, 0) is 38.4 Å². The molecule has 1 unspecified atom stereocenters. The molecule has 2 aromatic carbocycles. The van der Waals surface area contributed by atoms with E-state index < -0.39 is 59.6 Å². The number of aliphatic hydroxyl groups is 1. The summed E-state index contributed by atoms with van der Waals surface area (Å²) in [6.07, 6.45) is 6.24. The molecule has 0 saturated heterocycles. The van der Waals surface area contributed by atoms with Crippen molar-refractivity contribution in [3.05, 3.63) is 89.5 Å². The number of carbonyl (C=O) groups excluding carboxylic acids is 3. The summed E-state index contributed by atoms with van der Waals surface area (Å²) in [6.45, 7) is 3.35. The largest absolute Gasteiger partial charge is 0.461 e. The van der Waals surface area contributed by atoms with Crippen LogP contribution in [-0.4, -0.2) is 57.1 Å². The van der Waals surface area contributed by atoms with Gasteiger partial charge in [0.15, 0.2) is 6.10 Å².